The highest BCUT2D eigenvalue weighted by Crippen LogP contribution is 2.34. The zero-order valence-corrected chi connectivity index (χ0v) is 19.0. The number of fused-ring (bicyclic) bond motifs is 1. The van der Waals surface area contributed by atoms with Crippen LogP contribution in [-0.4, -0.2) is 34.9 Å². The van der Waals surface area contributed by atoms with Crippen molar-refractivity contribution in [1.29, 1.82) is 0 Å². The van der Waals surface area contributed by atoms with Crippen LogP contribution in [0, 0.1) is 12.8 Å². The van der Waals surface area contributed by atoms with Crippen molar-refractivity contribution in [2.45, 2.75) is 45.1 Å². The molecule has 4 N–H and O–H groups in total. The quantitative estimate of drug-likeness (QED) is 0.511. The summed E-state index contributed by atoms with van der Waals surface area (Å²) in [6.07, 6.45) is 3.06. The number of methoxy groups -OCH3 is 1. The largest absolute Gasteiger partial charge is 0.496 e. The summed E-state index contributed by atoms with van der Waals surface area (Å²) in [4.78, 5) is 40.4. The van der Waals surface area contributed by atoms with Gasteiger partial charge in [-0.25, -0.2) is 4.79 Å². The van der Waals surface area contributed by atoms with E-state index in [9.17, 15) is 14.4 Å². The number of benzene rings is 2. The number of carbonyl (C=O) groups excluding carboxylic acids is 2. The average molecular weight is 451 g/mol. The zero-order valence-electron chi connectivity index (χ0n) is 19.0. The van der Waals surface area contributed by atoms with E-state index in [0.717, 1.165) is 40.9 Å². The molecule has 33 heavy (non-hydrogen) atoms. The Morgan fingerprint density at radius 1 is 1.18 bits per heavy atom. The number of anilines is 1. The Morgan fingerprint density at radius 3 is 2.64 bits per heavy atom. The topological polar surface area (TPSA) is 119 Å². The van der Waals surface area contributed by atoms with Crippen LogP contribution in [0.5, 0.6) is 5.75 Å². The summed E-state index contributed by atoms with van der Waals surface area (Å²) in [6.45, 7) is 1.93. The van der Waals surface area contributed by atoms with Crippen molar-refractivity contribution in [1.82, 2.24) is 9.55 Å². The van der Waals surface area contributed by atoms with Crippen molar-refractivity contribution >= 4 is 28.4 Å². The number of carbonyl (C=O) groups is 2. The minimum atomic E-state index is -0.183. The second-order valence-corrected chi connectivity index (χ2v) is 8.71. The van der Waals surface area contributed by atoms with Crippen molar-refractivity contribution in [3.8, 4) is 5.75 Å². The number of aryl methyl sites for hydroxylation is 1. The van der Waals surface area contributed by atoms with Gasteiger partial charge in [-0.2, -0.15) is 0 Å². The van der Waals surface area contributed by atoms with Crippen molar-refractivity contribution in [3.05, 3.63) is 58.0 Å². The SMILES string of the molecule is COc1cc(NC(=O)C2CCC(n3c(=O)[nH]c4c(CC(=O)CN)cccc43)CC2)ccc1C. The predicted molar refractivity (Wildman–Crippen MR) is 128 cm³/mol. The number of hydrogen-bond donors (Lipinski definition) is 3. The second kappa shape index (κ2) is 9.62. The number of aromatic amines is 1. The van der Waals surface area contributed by atoms with Crippen LogP contribution in [0.2, 0.25) is 0 Å². The van der Waals surface area contributed by atoms with Gasteiger partial charge in [-0.1, -0.05) is 18.2 Å². The number of nitrogens with two attached hydrogens (primary N) is 1. The Bertz CT molecular complexity index is 1230. The van der Waals surface area contributed by atoms with Gasteiger partial charge in [0.2, 0.25) is 5.91 Å². The number of imidazole rings is 1. The highest BCUT2D eigenvalue weighted by atomic mass is 16.5. The predicted octanol–water partition coefficient (Wildman–Crippen LogP) is 3.09. The van der Waals surface area contributed by atoms with Crippen LogP contribution in [0.4, 0.5) is 5.69 Å². The maximum Gasteiger partial charge on any atom is 0.326 e. The third-order valence-electron chi connectivity index (χ3n) is 6.56. The monoisotopic (exact) mass is 450 g/mol. The lowest BCUT2D eigenvalue weighted by Crippen LogP contribution is -2.31. The molecule has 1 aliphatic carbocycles. The second-order valence-electron chi connectivity index (χ2n) is 8.71. The van der Waals surface area contributed by atoms with E-state index in [-0.39, 0.29) is 42.3 Å². The first-order valence-electron chi connectivity index (χ1n) is 11.3. The van der Waals surface area contributed by atoms with Crippen LogP contribution in [0.15, 0.2) is 41.2 Å². The van der Waals surface area contributed by atoms with Crippen LogP contribution in [0.25, 0.3) is 11.0 Å². The molecule has 8 heteroatoms. The van der Waals surface area contributed by atoms with Gasteiger partial charge < -0.3 is 20.8 Å². The fourth-order valence-corrected chi connectivity index (χ4v) is 4.74. The fourth-order valence-electron chi connectivity index (χ4n) is 4.74. The van der Waals surface area contributed by atoms with Gasteiger partial charge >= 0.3 is 5.69 Å². The Hall–Kier alpha value is -3.39. The van der Waals surface area contributed by atoms with E-state index in [2.05, 4.69) is 10.3 Å². The van der Waals surface area contributed by atoms with E-state index in [1.54, 1.807) is 11.7 Å². The number of H-pyrrole nitrogens is 1. The van der Waals surface area contributed by atoms with Crippen LogP contribution >= 0.6 is 0 Å². The molecule has 1 aliphatic rings. The molecule has 4 rings (SSSR count). The molecule has 8 nitrogen and oxygen atoms in total. The van der Waals surface area contributed by atoms with Gasteiger partial charge in [0.25, 0.3) is 0 Å². The van der Waals surface area contributed by atoms with Crippen LogP contribution < -0.4 is 21.5 Å². The average Bonchev–Trinajstić information content (AvgIpc) is 3.17. The van der Waals surface area contributed by atoms with E-state index < -0.39 is 0 Å². The number of Topliss-reactive ketones (excluding diaryl/α,β-unsaturated/α-hetero) is 1. The molecule has 0 spiro atoms. The smallest absolute Gasteiger partial charge is 0.326 e. The molecule has 1 fully saturated rings. The summed E-state index contributed by atoms with van der Waals surface area (Å²) in [6, 6.07) is 11.2. The molecule has 1 amide bonds. The van der Waals surface area contributed by atoms with E-state index in [4.69, 9.17) is 10.5 Å². The molecule has 1 aromatic heterocycles. The molecule has 0 unspecified atom stereocenters. The van der Waals surface area contributed by atoms with E-state index in [0.29, 0.717) is 18.4 Å². The first-order chi connectivity index (χ1) is 15.9. The molecule has 174 valence electrons. The Kier molecular flexibility index (Phi) is 6.65. The third kappa shape index (κ3) is 4.71. The van der Waals surface area contributed by atoms with Crippen molar-refractivity contribution in [2.24, 2.45) is 11.7 Å². The number of ketones is 1. The van der Waals surface area contributed by atoms with Crippen molar-refractivity contribution < 1.29 is 14.3 Å². The van der Waals surface area contributed by atoms with Gasteiger partial charge in [0.1, 0.15) is 5.75 Å². The van der Waals surface area contributed by atoms with Gasteiger partial charge in [-0.15, -0.1) is 0 Å². The van der Waals surface area contributed by atoms with Crippen LogP contribution in [-0.2, 0) is 16.0 Å². The summed E-state index contributed by atoms with van der Waals surface area (Å²) in [5, 5.41) is 3.00. The minimum Gasteiger partial charge on any atom is -0.496 e. The molecule has 3 aromatic rings. The highest BCUT2D eigenvalue weighted by Gasteiger charge is 2.29. The molecule has 1 heterocycles. The number of para-hydroxylation sites is 1. The number of aromatic nitrogens is 2. The molecule has 0 aliphatic heterocycles. The summed E-state index contributed by atoms with van der Waals surface area (Å²) >= 11 is 0. The zero-order chi connectivity index (χ0) is 23.5. The first kappa shape index (κ1) is 22.8. The molecular weight excluding hydrogens is 420 g/mol. The summed E-state index contributed by atoms with van der Waals surface area (Å²) in [7, 11) is 1.61. The number of rotatable bonds is 7. The Labute approximate surface area is 192 Å². The lowest BCUT2D eigenvalue weighted by atomic mass is 9.85. The van der Waals surface area contributed by atoms with Gasteiger partial charge in [0, 0.05) is 30.1 Å². The summed E-state index contributed by atoms with van der Waals surface area (Å²) < 4.78 is 7.12. The standard InChI is InChI=1S/C25H30N4O4/c1-15-6-9-18(13-22(15)33-2)27-24(31)16-7-10-19(11-8-16)29-21-5-3-4-17(12-20(30)14-26)23(21)28-25(29)32/h3-6,9,13,16,19H,7-8,10-12,14,26H2,1-2H3,(H,27,31)(H,28,32). The lowest BCUT2D eigenvalue weighted by molar-refractivity contribution is -0.121. The van der Waals surface area contributed by atoms with Gasteiger partial charge in [0.15, 0.2) is 5.78 Å². The number of nitrogens with one attached hydrogen (secondary N) is 2. The number of hydrogen-bond acceptors (Lipinski definition) is 5. The summed E-state index contributed by atoms with van der Waals surface area (Å²) in [5.41, 5.74) is 9.27. The van der Waals surface area contributed by atoms with Gasteiger partial charge in [-0.05, 0) is 55.9 Å². The molecule has 1 saturated carbocycles. The maximum absolute atomic E-state index is 12.8. The Balaban J connectivity index is 1.46. The van der Waals surface area contributed by atoms with Crippen molar-refractivity contribution in [2.75, 3.05) is 19.0 Å². The van der Waals surface area contributed by atoms with E-state index in [1.165, 1.54) is 0 Å². The first-order valence-corrected chi connectivity index (χ1v) is 11.3. The normalized spacial score (nSPS) is 18.3. The van der Waals surface area contributed by atoms with E-state index in [1.807, 2.05) is 43.3 Å². The number of amides is 1. The third-order valence-corrected chi connectivity index (χ3v) is 6.56. The molecule has 0 bridgehead atoms. The fraction of sp³-hybridized carbons (Fsp3) is 0.400. The lowest BCUT2D eigenvalue weighted by Gasteiger charge is -2.28. The van der Waals surface area contributed by atoms with E-state index >= 15 is 0 Å². The van der Waals surface area contributed by atoms with Crippen molar-refractivity contribution in [3.63, 3.8) is 0 Å². The minimum absolute atomic E-state index is 0.00628. The summed E-state index contributed by atoms with van der Waals surface area (Å²) in [5.74, 6) is 0.553. The molecule has 2 aromatic carbocycles. The van der Waals surface area contributed by atoms with Crippen LogP contribution in [0.3, 0.4) is 0 Å². The number of ether oxygens (including phenoxy) is 1. The molecule has 0 saturated heterocycles. The number of nitrogens with zero attached hydrogens (tertiary/aromatic N) is 1. The van der Waals surface area contributed by atoms with Gasteiger partial charge in [0.05, 0.1) is 24.7 Å². The van der Waals surface area contributed by atoms with Crippen LogP contribution in [0.1, 0.15) is 42.9 Å². The highest BCUT2D eigenvalue weighted by molar-refractivity contribution is 5.93. The van der Waals surface area contributed by atoms with Gasteiger partial charge in [-0.3, -0.25) is 14.2 Å². The molecular formula is C25H30N4O4. The Morgan fingerprint density at radius 2 is 1.94 bits per heavy atom. The molecule has 0 atom stereocenters. The molecule has 0 radical (unpaired) electrons. The maximum atomic E-state index is 12.8.